The second-order valence-electron chi connectivity index (χ2n) is 6.42. The largest absolute Gasteiger partial charge is 0.351 e. The van der Waals surface area contributed by atoms with Gasteiger partial charge in [0.2, 0.25) is 5.91 Å². The number of rotatable bonds is 7. The van der Waals surface area contributed by atoms with Crippen LogP contribution < -0.4 is 5.32 Å². The number of carbonyl (C=O) groups excluding carboxylic acids is 1. The highest BCUT2D eigenvalue weighted by atomic mass is 35.5. The molecule has 1 N–H and O–H groups in total. The van der Waals surface area contributed by atoms with E-state index < -0.39 is 0 Å². The number of nitrogens with one attached hydrogen (secondary N) is 1. The van der Waals surface area contributed by atoms with E-state index in [1.165, 1.54) is 30.2 Å². The van der Waals surface area contributed by atoms with Crippen LogP contribution in [0.5, 0.6) is 0 Å². The highest BCUT2D eigenvalue weighted by molar-refractivity contribution is 8.00. The molecule has 7 nitrogen and oxygen atoms in total. The van der Waals surface area contributed by atoms with Gasteiger partial charge in [-0.2, -0.15) is 0 Å². The van der Waals surface area contributed by atoms with Crippen LogP contribution in [-0.2, 0) is 17.9 Å². The summed E-state index contributed by atoms with van der Waals surface area (Å²) in [7, 11) is 0. The number of benzene rings is 2. The van der Waals surface area contributed by atoms with Crippen LogP contribution in [0.4, 0.5) is 4.39 Å². The molecule has 2 aromatic heterocycles. The first-order valence-corrected chi connectivity index (χ1v) is 10.4. The van der Waals surface area contributed by atoms with Crippen molar-refractivity contribution in [2.75, 3.05) is 5.75 Å². The highest BCUT2D eigenvalue weighted by Gasteiger charge is 2.14. The summed E-state index contributed by atoms with van der Waals surface area (Å²) in [6.45, 7) is 0.822. The number of hydrogen-bond donors (Lipinski definition) is 1. The van der Waals surface area contributed by atoms with Gasteiger partial charge in [0.15, 0.2) is 11.2 Å². The molecule has 10 heteroatoms. The predicted octanol–water partition coefficient (Wildman–Crippen LogP) is 3.47. The van der Waals surface area contributed by atoms with Gasteiger partial charge in [-0.25, -0.2) is 19.0 Å². The molecule has 0 aliphatic heterocycles. The van der Waals surface area contributed by atoms with E-state index in [0.717, 1.165) is 11.1 Å². The van der Waals surface area contributed by atoms with Crippen LogP contribution in [0.25, 0.3) is 11.2 Å². The van der Waals surface area contributed by atoms with Gasteiger partial charge in [0.25, 0.3) is 0 Å². The van der Waals surface area contributed by atoms with Crippen molar-refractivity contribution in [3.8, 4) is 0 Å². The number of carbonyl (C=O) groups is 1. The monoisotopic (exact) mass is 442 g/mol. The molecule has 2 heterocycles. The normalized spacial score (nSPS) is 11.0. The molecule has 0 bridgehead atoms. The molecule has 4 aromatic rings. The lowest BCUT2D eigenvalue weighted by molar-refractivity contribution is -0.118. The molecule has 1 amide bonds. The Morgan fingerprint density at radius 2 is 1.80 bits per heavy atom. The maximum atomic E-state index is 12.9. The van der Waals surface area contributed by atoms with E-state index in [0.29, 0.717) is 34.3 Å². The van der Waals surface area contributed by atoms with Gasteiger partial charge in [-0.3, -0.25) is 4.79 Å². The molecule has 0 fully saturated rings. The summed E-state index contributed by atoms with van der Waals surface area (Å²) >= 11 is 7.19. The second-order valence-corrected chi connectivity index (χ2v) is 7.82. The number of amides is 1. The number of nitrogens with zero attached hydrogens (tertiary/aromatic N) is 5. The topological polar surface area (TPSA) is 85.6 Å². The number of aromatic nitrogens is 5. The van der Waals surface area contributed by atoms with Gasteiger partial charge in [0.05, 0.1) is 12.3 Å². The fourth-order valence-corrected chi connectivity index (χ4v) is 3.62. The third-order valence-electron chi connectivity index (χ3n) is 4.26. The molecule has 0 radical (unpaired) electrons. The Bertz CT molecular complexity index is 1170. The average Bonchev–Trinajstić information content (AvgIpc) is 3.17. The zero-order valence-electron chi connectivity index (χ0n) is 15.6. The van der Waals surface area contributed by atoms with Crippen molar-refractivity contribution in [1.82, 2.24) is 30.3 Å². The standard InChI is InChI=1S/C20H16ClFN6OS/c21-15-5-1-14(2-6-15)10-28-19-18(26-27-28)20(25-12-24-19)30-11-17(29)23-9-13-3-7-16(22)8-4-13/h1-8,12H,9-11H2,(H,23,29). The summed E-state index contributed by atoms with van der Waals surface area (Å²) in [5.74, 6) is -0.306. The predicted molar refractivity (Wildman–Crippen MR) is 113 cm³/mol. The van der Waals surface area contributed by atoms with Gasteiger partial charge < -0.3 is 5.32 Å². The molecule has 0 aliphatic rings. The summed E-state index contributed by atoms with van der Waals surface area (Å²) in [4.78, 5) is 20.7. The first kappa shape index (κ1) is 20.2. The van der Waals surface area contributed by atoms with Crippen molar-refractivity contribution >= 4 is 40.4 Å². The van der Waals surface area contributed by atoms with Gasteiger partial charge in [0, 0.05) is 11.6 Å². The van der Waals surface area contributed by atoms with Crippen molar-refractivity contribution in [2.24, 2.45) is 0 Å². The Balaban J connectivity index is 1.39. The van der Waals surface area contributed by atoms with Crippen LogP contribution in [-0.4, -0.2) is 36.6 Å². The van der Waals surface area contributed by atoms with Gasteiger partial charge in [-0.1, -0.05) is 52.8 Å². The third kappa shape index (κ3) is 4.92. The lowest BCUT2D eigenvalue weighted by Gasteiger charge is -2.05. The van der Waals surface area contributed by atoms with Crippen molar-refractivity contribution in [3.05, 3.63) is 76.8 Å². The van der Waals surface area contributed by atoms with E-state index in [-0.39, 0.29) is 17.5 Å². The molecule has 2 aromatic carbocycles. The van der Waals surface area contributed by atoms with Crippen LogP contribution in [0.1, 0.15) is 11.1 Å². The van der Waals surface area contributed by atoms with Crippen LogP contribution >= 0.6 is 23.4 Å². The Hall–Kier alpha value is -3.04. The second kappa shape index (κ2) is 9.19. The van der Waals surface area contributed by atoms with E-state index in [2.05, 4.69) is 25.6 Å². The summed E-state index contributed by atoms with van der Waals surface area (Å²) in [6, 6.07) is 13.5. The minimum atomic E-state index is -0.308. The maximum Gasteiger partial charge on any atom is 0.230 e. The van der Waals surface area contributed by atoms with E-state index in [4.69, 9.17) is 11.6 Å². The van der Waals surface area contributed by atoms with Crippen molar-refractivity contribution in [2.45, 2.75) is 18.1 Å². The Morgan fingerprint density at radius 3 is 2.57 bits per heavy atom. The van der Waals surface area contributed by atoms with Crippen LogP contribution in [0, 0.1) is 5.82 Å². The minimum absolute atomic E-state index is 0.162. The first-order chi connectivity index (χ1) is 14.6. The molecule has 0 saturated heterocycles. The maximum absolute atomic E-state index is 12.9. The van der Waals surface area contributed by atoms with Crippen molar-refractivity contribution < 1.29 is 9.18 Å². The molecule has 152 valence electrons. The molecule has 0 atom stereocenters. The quantitative estimate of drug-likeness (QED) is 0.348. The summed E-state index contributed by atoms with van der Waals surface area (Å²) in [6.07, 6.45) is 1.43. The Morgan fingerprint density at radius 1 is 1.07 bits per heavy atom. The summed E-state index contributed by atoms with van der Waals surface area (Å²) in [5.41, 5.74) is 2.97. The van der Waals surface area contributed by atoms with Gasteiger partial charge in [-0.15, -0.1) is 5.10 Å². The van der Waals surface area contributed by atoms with E-state index in [9.17, 15) is 9.18 Å². The summed E-state index contributed by atoms with van der Waals surface area (Å²) < 4.78 is 14.6. The zero-order valence-corrected chi connectivity index (χ0v) is 17.2. The van der Waals surface area contributed by atoms with Crippen LogP contribution in [0.15, 0.2) is 59.9 Å². The van der Waals surface area contributed by atoms with Crippen molar-refractivity contribution in [1.29, 1.82) is 0 Å². The molecule has 0 spiro atoms. The van der Waals surface area contributed by atoms with Crippen LogP contribution in [0.3, 0.4) is 0 Å². The number of halogens is 2. The zero-order chi connectivity index (χ0) is 20.9. The number of thioether (sulfide) groups is 1. The van der Waals surface area contributed by atoms with E-state index in [1.807, 2.05) is 24.3 Å². The summed E-state index contributed by atoms with van der Waals surface area (Å²) in [5, 5.41) is 12.4. The molecule has 0 saturated carbocycles. The minimum Gasteiger partial charge on any atom is -0.351 e. The first-order valence-electron chi connectivity index (χ1n) is 9.01. The lowest BCUT2D eigenvalue weighted by Crippen LogP contribution is -2.24. The fourth-order valence-electron chi connectivity index (χ4n) is 2.73. The molecule has 30 heavy (non-hydrogen) atoms. The fraction of sp³-hybridized carbons (Fsp3) is 0.150. The van der Waals surface area contributed by atoms with Crippen molar-refractivity contribution in [3.63, 3.8) is 0 Å². The Kier molecular flexibility index (Phi) is 6.20. The van der Waals surface area contributed by atoms with Gasteiger partial charge in [0.1, 0.15) is 17.2 Å². The molecule has 0 aliphatic carbocycles. The molecule has 4 rings (SSSR count). The number of fused-ring (bicyclic) bond motifs is 1. The number of hydrogen-bond acceptors (Lipinski definition) is 6. The third-order valence-corrected chi connectivity index (χ3v) is 5.49. The smallest absolute Gasteiger partial charge is 0.230 e. The van der Waals surface area contributed by atoms with Gasteiger partial charge in [-0.05, 0) is 35.4 Å². The van der Waals surface area contributed by atoms with Crippen LogP contribution in [0.2, 0.25) is 5.02 Å². The Labute approximate surface area is 180 Å². The van der Waals surface area contributed by atoms with E-state index in [1.54, 1.807) is 16.8 Å². The lowest BCUT2D eigenvalue weighted by atomic mass is 10.2. The van der Waals surface area contributed by atoms with Gasteiger partial charge >= 0.3 is 0 Å². The molecular weight excluding hydrogens is 427 g/mol. The SMILES string of the molecule is O=C(CSc1ncnc2c1nnn2Cc1ccc(Cl)cc1)NCc1ccc(F)cc1. The van der Waals surface area contributed by atoms with E-state index >= 15 is 0 Å². The highest BCUT2D eigenvalue weighted by Crippen LogP contribution is 2.23. The average molecular weight is 443 g/mol. The molecule has 0 unspecified atom stereocenters. The molecular formula is C20H16ClFN6OS.